The largest absolute Gasteiger partial charge is 0.506 e. The summed E-state index contributed by atoms with van der Waals surface area (Å²) in [6.45, 7) is 0. The van der Waals surface area contributed by atoms with Crippen LogP contribution in [-0.4, -0.2) is 15.2 Å². The highest BCUT2D eigenvalue weighted by atomic mass is 35.5. The molecule has 0 fully saturated rings. The number of hydrogen-bond donors (Lipinski definition) is 1. The van der Waals surface area contributed by atoms with Gasteiger partial charge in [-0.1, -0.05) is 35.0 Å². The van der Waals surface area contributed by atoms with Crippen molar-refractivity contribution in [3.8, 4) is 28.6 Å². The molecule has 0 saturated heterocycles. The van der Waals surface area contributed by atoms with Crippen molar-refractivity contribution in [1.29, 1.82) is 0 Å². The summed E-state index contributed by atoms with van der Waals surface area (Å²) in [6, 6.07) is 11.1. The molecule has 1 heterocycles. The number of fused-ring (bicyclic) bond motifs is 1. The molecular formula is C17H13ClN2O2. The van der Waals surface area contributed by atoms with Crippen molar-refractivity contribution in [2.24, 2.45) is 0 Å². The normalized spacial score (nSPS) is 13.3. The molecule has 1 aliphatic rings. The number of halogens is 1. The number of phenolic OH excluding ortho intramolecular Hbond substituents is 1. The Morgan fingerprint density at radius 1 is 1.14 bits per heavy atom. The lowest BCUT2D eigenvalue weighted by molar-refractivity contribution is 0.432. The van der Waals surface area contributed by atoms with Crippen LogP contribution in [0, 0.1) is 0 Å². The molecule has 2 aromatic carbocycles. The summed E-state index contributed by atoms with van der Waals surface area (Å²) < 4.78 is 5.36. The van der Waals surface area contributed by atoms with Crippen molar-refractivity contribution in [3.63, 3.8) is 0 Å². The number of nitrogens with zero attached hydrogens (tertiary/aromatic N) is 2. The Hall–Kier alpha value is -2.33. The summed E-state index contributed by atoms with van der Waals surface area (Å²) in [6.07, 6.45) is 3.34. The topological polar surface area (TPSA) is 59.2 Å². The molecule has 0 bridgehead atoms. The number of benzene rings is 2. The molecule has 1 N–H and O–H groups in total. The summed E-state index contributed by atoms with van der Waals surface area (Å²) in [7, 11) is 0. The van der Waals surface area contributed by atoms with E-state index in [9.17, 15) is 5.11 Å². The Morgan fingerprint density at radius 2 is 2.05 bits per heavy atom. The van der Waals surface area contributed by atoms with Gasteiger partial charge in [0, 0.05) is 11.1 Å². The molecule has 1 aromatic heterocycles. The number of rotatable bonds is 2. The maximum atomic E-state index is 9.48. The molecule has 0 unspecified atom stereocenters. The highest BCUT2D eigenvalue weighted by Crippen LogP contribution is 2.33. The lowest BCUT2D eigenvalue weighted by atomic mass is 10.0. The van der Waals surface area contributed by atoms with E-state index in [1.807, 2.05) is 12.1 Å². The first-order valence-electron chi connectivity index (χ1n) is 7.16. The Kier molecular flexibility index (Phi) is 3.12. The van der Waals surface area contributed by atoms with Crippen LogP contribution in [0.1, 0.15) is 17.5 Å². The fourth-order valence-electron chi connectivity index (χ4n) is 2.92. The second kappa shape index (κ2) is 5.14. The lowest BCUT2D eigenvalue weighted by Gasteiger charge is -2.03. The number of phenols is 1. The average molecular weight is 313 g/mol. The molecule has 5 heteroatoms. The van der Waals surface area contributed by atoms with Crippen LogP contribution in [0.4, 0.5) is 0 Å². The molecule has 0 spiro atoms. The van der Waals surface area contributed by atoms with E-state index in [4.69, 9.17) is 16.1 Å². The van der Waals surface area contributed by atoms with Crippen molar-refractivity contribution in [3.05, 3.63) is 52.5 Å². The van der Waals surface area contributed by atoms with E-state index in [1.165, 1.54) is 23.6 Å². The molecule has 22 heavy (non-hydrogen) atoms. The zero-order chi connectivity index (χ0) is 15.1. The predicted octanol–water partition coefficient (Wildman–Crippen LogP) is 4.25. The third-order valence-corrected chi connectivity index (χ3v) is 4.31. The van der Waals surface area contributed by atoms with Gasteiger partial charge in [-0.25, -0.2) is 0 Å². The average Bonchev–Trinajstić information content (AvgIpc) is 3.18. The first-order chi connectivity index (χ1) is 10.7. The summed E-state index contributed by atoms with van der Waals surface area (Å²) in [4.78, 5) is 4.48. The number of aryl methyl sites for hydroxylation is 1. The summed E-state index contributed by atoms with van der Waals surface area (Å²) in [5, 5.41) is 13.8. The van der Waals surface area contributed by atoms with Crippen molar-refractivity contribution in [2.45, 2.75) is 19.3 Å². The van der Waals surface area contributed by atoms with E-state index >= 15 is 0 Å². The highest BCUT2D eigenvalue weighted by Gasteiger charge is 2.19. The highest BCUT2D eigenvalue weighted by molar-refractivity contribution is 6.32. The van der Waals surface area contributed by atoms with Gasteiger partial charge in [-0.3, -0.25) is 0 Å². The van der Waals surface area contributed by atoms with Crippen LogP contribution in [0.15, 0.2) is 40.9 Å². The third-order valence-electron chi connectivity index (χ3n) is 4.01. The predicted molar refractivity (Wildman–Crippen MR) is 83.9 cm³/mol. The summed E-state index contributed by atoms with van der Waals surface area (Å²) >= 11 is 5.92. The Balaban J connectivity index is 1.76. The van der Waals surface area contributed by atoms with Crippen molar-refractivity contribution >= 4 is 11.6 Å². The molecule has 4 rings (SSSR count). The van der Waals surface area contributed by atoms with E-state index in [2.05, 4.69) is 16.2 Å². The van der Waals surface area contributed by atoms with Gasteiger partial charge in [-0.05, 0) is 48.6 Å². The lowest BCUT2D eigenvalue weighted by Crippen LogP contribution is -1.90. The molecule has 110 valence electrons. The van der Waals surface area contributed by atoms with Crippen LogP contribution in [0.3, 0.4) is 0 Å². The van der Waals surface area contributed by atoms with Gasteiger partial charge >= 0.3 is 0 Å². The van der Waals surface area contributed by atoms with Crippen molar-refractivity contribution < 1.29 is 9.63 Å². The minimum atomic E-state index is 0.0334. The molecule has 0 amide bonds. The van der Waals surface area contributed by atoms with Crippen LogP contribution in [0.2, 0.25) is 5.02 Å². The van der Waals surface area contributed by atoms with E-state index in [1.54, 1.807) is 12.1 Å². The van der Waals surface area contributed by atoms with Crippen LogP contribution in [-0.2, 0) is 12.8 Å². The zero-order valence-electron chi connectivity index (χ0n) is 11.7. The fraction of sp³-hybridized carbons (Fsp3) is 0.176. The van der Waals surface area contributed by atoms with Crippen LogP contribution >= 0.6 is 11.6 Å². The summed E-state index contributed by atoms with van der Waals surface area (Å²) in [5.74, 6) is 1.02. The summed E-state index contributed by atoms with van der Waals surface area (Å²) in [5.41, 5.74) is 4.42. The maximum absolute atomic E-state index is 9.48. The smallest absolute Gasteiger partial charge is 0.258 e. The molecule has 3 aromatic rings. The van der Waals surface area contributed by atoms with Gasteiger partial charge in [-0.15, -0.1) is 0 Å². The molecule has 0 saturated carbocycles. The van der Waals surface area contributed by atoms with Gasteiger partial charge < -0.3 is 9.63 Å². The van der Waals surface area contributed by atoms with Gasteiger partial charge in [0.05, 0.1) is 5.02 Å². The maximum Gasteiger partial charge on any atom is 0.258 e. The van der Waals surface area contributed by atoms with Gasteiger partial charge in [0.2, 0.25) is 5.82 Å². The van der Waals surface area contributed by atoms with Crippen LogP contribution in [0.25, 0.3) is 22.8 Å². The number of hydrogen-bond acceptors (Lipinski definition) is 4. The quantitative estimate of drug-likeness (QED) is 0.768. The minimum absolute atomic E-state index is 0.0334. The van der Waals surface area contributed by atoms with Gasteiger partial charge in [0.1, 0.15) is 5.75 Å². The minimum Gasteiger partial charge on any atom is -0.506 e. The van der Waals surface area contributed by atoms with Gasteiger partial charge in [0.15, 0.2) is 0 Å². The van der Waals surface area contributed by atoms with E-state index in [0.29, 0.717) is 17.3 Å². The third kappa shape index (κ3) is 2.16. The Labute approximate surface area is 132 Å². The van der Waals surface area contributed by atoms with Crippen molar-refractivity contribution in [1.82, 2.24) is 10.1 Å². The number of aromatic nitrogens is 2. The molecule has 0 atom stereocenters. The Morgan fingerprint density at radius 3 is 2.91 bits per heavy atom. The van der Waals surface area contributed by atoms with E-state index < -0.39 is 0 Å². The fourth-order valence-corrected chi connectivity index (χ4v) is 3.10. The SMILES string of the molecule is Oc1ccc(-c2nc(-c3cccc4c3CCC4)no2)cc1Cl. The molecular weight excluding hydrogens is 300 g/mol. The molecule has 1 aliphatic carbocycles. The van der Waals surface area contributed by atoms with Crippen LogP contribution in [0.5, 0.6) is 5.75 Å². The van der Waals surface area contributed by atoms with E-state index in [0.717, 1.165) is 18.4 Å². The van der Waals surface area contributed by atoms with Crippen molar-refractivity contribution in [2.75, 3.05) is 0 Å². The monoisotopic (exact) mass is 312 g/mol. The molecule has 4 nitrogen and oxygen atoms in total. The van der Waals surface area contributed by atoms with Crippen LogP contribution < -0.4 is 0 Å². The first-order valence-corrected chi connectivity index (χ1v) is 7.54. The van der Waals surface area contributed by atoms with Gasteiger partial charge in [0.25, 0.3) is 5.89 Å². The van der Waals surface area contributed by atoms with Gasteiger partial charge in [-0.2, -0.15) is 4.98 Å². The standard InChI is InChI=1S/C17H13ClN2O2/c18-14-9-11(7-8-15(14)21)17-19-16(20-22-17)13-6-2-4-10-3-1-5-12(10)13/h2,4,6-9,21H,1,3,5H2. The number of aromatic hydroxyl groups is 1. The first kappa shape index (κ1) is 13.3. The molecule has 0 radical (unpaired) electrons. The Bertz CT molecular complexity index is 858. The molecule has 0 aliphatic heterocycles. The van der Waals surface area contributed by atoms with E-state index in [-0.39, 0.29) is 10.8 Å². The zero-order valence-corrected chi connectivity index (χ0v) is 12.5. The second-order valence-electron chi connectivity index (χ2n) is 5.39. The second-order valence-corrected chi connectivity index (χ2v) is 5.79.